The molecule has 2 amide bonds. The largest absolute Gasteiger partial charge is 0.478 e. The molecular weight excluding hydrogens is 406 g/mol. The van der Waals surface area contributed by atoms with Crippen molar-refractivity contribution in [2.24, 2.45) is 0 Å². The van der Waals surface area contributed by atoms with Gasteiger partial charge in [-0.1, -0.05) is 15.9 Å². The number of benzene rings is 1. The van der Waals surface area contributed by atoms with Crippen molar-refractivity contribution in [3.05, 3.63) is 27.7 Å². The highest BCUT2D eigenvalue weighted by atomic mass is 79.9. The lowest BCUT2D eigenvalue weighted by atomic mass is 10.1. The predicted octanol–water partition coefficient (Wildman–Crippen LogP) is 5.13. The summed E-state index contributed by atoms with van der Waals surface area (Å²) in [7, 11) is 0. The van der Waals surface area contributed by atoms with Crippen LogP contribution in [-0.2, 0) is 9.47 Å². The first kappa shape index (κ1) is 22.0. The third kappa shape index (κ3) is 6.01. The number of hydrogen-bond donors (Lipinski definition) is 1. The molecule has 0 aliphatic heterocycles. The van der Waals surface area contributed by atoms with Crippen molar-refractivity contribution in [1.82, 2.24) is 0 Å². The Hall–Kier alpha value is -2.09. The van der Waals surface area contributed by atoms with Gasteiger partial charge in [0.2, 0.25) is 0 Å². The molecule has 7 nitrogen and oxygen atoms in total. The summed E-state index contributed by atoms with van der Waals surface area (Å²) < 4.78 is 11.1. The van der Waals surface area contributed by atoms with Crippen LogP contribution in [0.1, 0.15) is 57.5 Å². The van der Waals surface area contributed by atoms with Gasteiger partial charge in [-0.05, 0) is 66.2 Å². The first-order chi connectivity index (χ1) is 11.6. The second-order valence-corrected chi connectivity index (χ2v) is 8.57. The Morgan fingerprint density at radius 2 is 1.38 bits per heavy atom. The molecule has 0 saturated carbocycles. The van der Waals surface area contributed by atoms with E-state index in [9.17, 15) is 19.5 Å². The summed E-state index contributed by atoms with van der Waals surface area (Å²) in [4.78, 5) is 37.6. The van der Waals surface area contributed by atoms with Crippen LogP contribution in [0.3, 0.4) is 0 Å². The lowest BCUT2D eigenvalue weighted by molar-refractivity contribution is 0.0430. The first-order valence-corrected chi connectivity index (χ1v) is 8.71. The average molecular weight is 430 g/mol. The fraction of sp³-hybridized carbons (Fsp3) is 0.500. The van der Waals surface area contributed by atoms with Gasteiger partial charge in [0.25, 0.3) is 0 Å². The highest BCUT2D eigenvalue weighted by molar-refractivity contribution is 9.10. The summed E-state index contributed by atoms with van der Waals surface area (Å²) in [6, 6.07) is 2.75. The zero-order valence-electron chi connectivity index (χ0n) is 16.0. The smallest absolute Gasteiger partial charge is 0.424 e. The second kappa shape index (κ2) is 7.65. The number of aryl methyl sites for hydroxylation is 1. The molecule has 26 heavy (non-hydrogen) atoms. The van der Waals surface area contributed by atoms with Crippen LogP contribution in [-0.4, -0.2) is 34.5 Å². The van der Waals surface area contributed by atoms with Crippen LogP contribution in [0.25, 0.3) is 0 Å². The zero-order chi connectivity index (χ0) is 20.4. The molecule has 0 heterocycles. The van der Waals surface area contributed by atoms with Crippen LogP contribution in [0.2, 0.25) is 0 Å². The number of carbonyl (C=O) groups is 3. The van der Waals surface area contributed by atoms with E-state index in [1.807, 2.05) is 0 Å². The molecule has 144 valence electrons. The molecule has 0 spiro atoms. The Morgan fingerprint density at radius 3 is 1.73 bits per heavy atom. The zero-order valence-corrected chi connectivity index (χ0v) is 17.6. The summed E-state index contributed by atoms with van der Waals surface area (Å²) >= 11 is 3.26. The number of carbonyl (C=O) groups excluding carboxylic acids is 2. The number of carboxylic acids is 1. The number of amides is 2. The molecular formula is C18H24BrNO6. The van der Waals surface area contributed by atoms with Gasteiger partial charge in [0.1, 0.15) is 11.2 Å². The first-order valence-electron chi connectivity index (χ1n) is 7.92. The molecule has 0 fully saturated rings. The Bertz CT molecular complexity index is 702. The SMILES string of the molecule is Cc1cc(N(C(=O)OC(C)(C)C)C(=O)OC(C)(C)C)c(C(=O)O)cc1Br. The van der Waals surface area contributed by atoms with Gasteiger partial charge >= 0.3 is 18.2 Å². The summed E-state index contributed by atoms with van der Waals surface area (Å²) in [6.07, 6.45) is -2.04. The van der Waals surface area contributed by atoms with Gasteiger partial charge in [0, 0.05) is 4.47 Å². The number of carboxylic acid groups (broad SMARTS) is 1. The molecule has 0 aromatic heterocycles. The quantitative estimate of drug-likeness (QED) is 0.699. The minimum atomic E-state index is -1.29. The highest BCUT2D eigenvalue weighted by Crippen LogP contribution is 2.30. The minimum Gasteiger partial charge on any atom is -0.478 e. The maximum absolute atomic E-state index is 12.7. The van der Waals surface area contributed by atoms with E-state index in [4.69, 9.17) is 9.47 Å². The molecule has 0 radical (unpaired) electrons. The van der Waals surface area contributed by atoms with Gasteiger partial charge in [0.15, 0.2) is 0 Å². The number of aromatic carboxylic acids is 1. The fourth-order valence-electron chi connectivity index (χ4n) is 1.91. The van der Waals surface area contributed by atoms with E-state index in [0.717, 1.165) is 0 Å². The number of hydrogen-bond acceptors (Lipinski definition) is 5. The molecule has 0 aliphatic rings. The summed E-state index contributed by atoms with van der Waals surface area (Å²) in [5, 5.41) is 9.51. The lowest BCUT2D eigenvalue weighted by Crippen LogP contribution is -2.44. The minimum absolute atomic E-state index is 0.123. The van der Waals surface area contributed by atoms with Gasteiger partial charge in [-0.25, -0.2) is 14.4 Å². The topological polar surface area (TPSA) is 93.1 Å². The Labute approximate surface area is 161 Å². The van der Waals surface area contributed by atoms with E-state index in [0.29, 0.717) is 14.9 Å². The number of nitrogens with zero attached hydrogens (tertiary/aromatic N) is 1. The molecule has 0 aliphatic carbocycles. The average Bonchev–Trinajstić information content (AvgIpc) is 2.38. The van der Waals surface area contributed by atoms with E-state index in [-0.39, 0.29) is 11.3 Å². The molecule has 1 aromatic rings. The van der Waals surface area contributed by atoms with Crippen LogP contribution in [0, 0.1) is 6.92 Å². The maximum atomic E-state index is 12.7. The van der Waals surface area contributed by atoms with Gasteiger partial charge < -0.3 is 14.6 Å². The van der Waals surface area contributed by atoms with E-state index >= 15 is 0 Å². The van der Waals surface area contributed by atoms with Crippen molar-refractivity contribution in [3.8, 4) is 0 Å². The molecule has 1 rings (SSSR count). The van der Waals surface area contributed by atoms with Gasteiger partial charge in [0.05, 0.1) is 11.3 Å². The number of halogens is 1. The third-order valence-corrected chi connectivity index (χ3v) is 3.75. The van der Waals surface area contributed by atoms with Crippen LogP contribution < -0.4 is 4.90 Å². The summed E-state index contributed by atoms with van der Waals surface area (Å²) in [5.74, 6) is -1.29. The van der Waals surface area contributed by atoms with Crippen LogP contribution in [0.5, 0.6) is 0 Å². The van der Waals surface area contributed by atoms with Gasteiger partial charge in [-0.2, -0.15) is 4.90 Å². The van der Waals surface area contributed by atoms with E-state index < -0.39 is 29.4 Å². The standard InChI is InChI=1S/C18H24BrNO6/c1-10-8-13(11(14(21)22)9-12(10)19)20(15(23)25-17(2,3)4)16(24)26-18(5,6)7/h8-9H,1-7H3,(H,21,22). The van der Waals surface area contributed by atoms with Crippen molar-refractivity contribution < 1.29 is 29.0 Å². The predicted molar refractivity (Wildman–Crippen MR) is 101 cm³/mol. The normalized spacial score (nSPS) is 11.7. The van der Waals surface area contributed by atoms with Crippen molar-refractivity contribution in [2.75, 3.05) is 4.90 Å². The maximum Gasteiger partial charge on any atom is 0.424 e. The molecule has 0 bridgehead atoms. The molecule has 0 saturated heterocycles. The van der Waals surface area contributed by atoms with Gasteiger partial charge in [-0.3, -0.25) is 0 Å². The van der Waals surface area contributed by atoms with Crippen molar-refractivity contribution in [3.63, 3.8) is 0 Å². The summed E-state index contributed by atoms with van der Waals surface area (Å²) in [5.41, 5.74) is -1.49. The number of ether oxygens (including phenoxy) is 2. The third-order valence-electron chi connectivity index (χ3n) is 2.90. The molecule has 0 atom stereocenters. The lowest BCUT2D eigenvalue weighted by Gasteiger charge is -2.29. The van der Waals surface area contributed by atoms with Crippen molar-refractivity contribution in [1.29, 1.82) is 0 Å². The highest BCUT2D eigenvalue weighted by Gasteiger charge is 2.35. The number of imide groups is 1. The van der Waals surface area contributed by atoms with E-state index in [1.54, 1.807) is 48.5 Å². The molecule has 0 unspecified atom stereocenters. The second-order valence-electron chi connectivity index (χ2n) is 7.72. The van der Waals surface area contributed by atoms with Crippen LogP contribution in [0.15, 0.2) is 16.6 Å². The summed E-state index contributed by atoms with van der Waals surface area (Å²) in [6.45, 7) is 11.6. The van der Waals surface area contributed by atoms with E-state index in [2.05, 4.69) is 15.9 Å². The van der Waals surface area contributed by atoms with Crippen molar-refractivity contribution >= 4 is 39.8 Å². The van der Waals surface area contributed by atoms with Gasteiger partial charge in [-0.15, -0.1) is 0 Å². The van der Waals surface area contributed by atoms with Crippen LogP contribution in [0.4, 0.5) is 15.3 Å². The monoisotopic (exact) mass is 429 g/mol. The van der Waals surface area contributed by atoms with Crippen molar-refractivity contribution in [2.45, 2.75) is 59.7 Å². The number of rotatable bonds is 2. The molecule has 1 aromatic carbocycles. The Kier molecular flexibility index (Phi) is 6.46. The Morgan fingerprint density at radius 1 is 0.962 bits per heavy atom. The van der Waals surface area contributed by atoms with Crippen LogP contribution >= 0.6 is 15.9 Å². The fourth-order valence-corrected chi connectivity index (χ4v) is 2.25. The molecule has 8 heteroatoms. The van der Waals surface area contributed by atoms with E-state index in [1.165, 1.54) is 12.1 Å². The Balaban J connectivity index is 3.55. The number of anilines is 1. The molecule has 1 N–H and O–H groups in total.